The second-order valence-corrected chi connectivity index (χ2v) is 7.65. The van der Waals surface area contributed by atoms with Crippen LogP contribution >= 0.6 is 12.2 Å². The van der Waals surface area contributed by atoms with Crippen molar-refractivity contribution in [2.45, 2.75) is 39.8 Å². The van der Waals surface area contributed by atoms with Crippen LogP contribution in [0.25, 0.3) is 5.82 Å². The minimum absolute atomic E-state index is 0.0218. The fourth-order valence-corrected chi connectivity index (χ4v) is 4.49. The monoisotopic (exact) mass is 391 g/mol. The first-order chi connectivity index (χ1) is 13.5. The molecule has 0 bridgehead atoms. The third-order valence-corrected chi connectivity index (χ3v) is 5.80. The normalized spacial score (nSPS) is 19.1. The minimum atomic E-state index is 0.0218. The van der Waals surface area contributed by atoms with Crippen molar-refractivity contribution in [3.8, 4) is 5.82 Å². The highest BCUT2D eigenvalue weighted by Gasteiger charge is 2.40. The second kappa shape index (κ2) is 7.36. The van der Waals surface area contributed by atoms with Gasteiger partial charge in [0.25, 0.3) is 0 Å². The van der Waals surface area contributed by atoms with E-state index in [0.717, 1.165) is 34.4 Å². The zero-order valence-electron chi connectivity index (χ0n) is 16.7. The molecule has 3 aromatic rings. The Morgan fingerprint density at radius 2 is 1.93 bits per heavy atom. The largest absolute Gasteiger partial charge is 0.352 e. The Balaban J connectivity index is 1.82. The van der Waals surface area contributed by atoms with Gasteiger partial charge in [-0.1, -0.05) is 12.1 Å². The summed E-state index contributed by atoms with van der Waals surface area (Å²) in [5.74, 6) is 0.942. The predicted molar refractivity (Wildman–Crippen MR) is 116 cm³/mol. The van der Waals surface area contributed by atoms with E-state index in [0.29, 0.717) is 0 Å². The van der Waals surface area contributed by atoms with Gasteiger partial charge in [-0.25, -0.2) is 4.98 Å². The number of aryl methyl sites for hydroxylation is 2. The quantitative estimate of drug-likeness (QED) is 0.676. The van der Waals surface area contributed by atoms with Gasteiger partial charge in [0.15, 0.2) is 5.11 Å². The third kappa shape index (κ3) is 3.07. The Hall–Kier alpha value is -2.73. The summed E-state index contributed by atoms with van der Waals surface area (Å²) in [4.78, 5) is 11.5. The molecular formula is C22H25N5S. The molecule has 0 radical (unpaired) electrons. The molecule has 4 heterocycles. The molecule has 1 N–H and O–H groups in total. The van der Waals surface area contributed by atoms with E-state index in [4.69, 9.17) is 12.2 Å². The molecular weight excluding hydrogens is 366 g/mol. The Kier molecular flexibility index (Phi) is 4.89. The zero-order chi connectivity index (χ0) is 19.8. The fourth-order valence-electron chi connectivity index (χ4n) is 4.12. The molecule has 0 spiro atoms. The van der Waals surface area contributed by atoms with Crippen molar-refractivity contribution in [2.75, 3.05) is 6.54 Å². The van der Waals surface area contributed by atoms with Crippen LogP contribution in [-0.2, 0) is 0 Å². The van der Waals surface area contributed by atoms with Crippen molar-refractivity contribution in [3.05, 3.63) is 77.0 Å². The number of thiocarbonyl (C=S) groups is 1. The maximum atomic E-state index is 5.65. The van der Waals surface area contributed by atoms with Crippen LogP contribution < -0.4 is 5.32 Å². The highest BCUT2D eigenvalue weighted by molar-refractivity contribution is 7.80. The topological polar surface area (TPSA) is 46.0 Å². The lowest BCUT2D eigenvalue weighted by molar-refractivity contribution is 0.329. The highest BCUT2D eigenvalue weighted by atomic mass is 32.1. The van der Waals surface area contributed by atoms with Crippen LogP contribution in [0.1, 0.15) is 47.2 Å². The van der Waals surface area contributed by atoms with E-state index in [9.17, 15) is 0 Å². The van der Waals surface area contributed by atoms with E-state index in [1.54, 1.807) is 0 Å². The first-order valence-electron chi connectivity index (χ1n) is 9.61. The smallest absolute Gasteiger partial charge is 0.170 e. The number of rotatable bonds is 4. The number of nitrogens with zero attached hydrogens (tertiary/aromatic N) is 4. The Labute approximate surface area is 171 Å². The molecule has 144 valence electrons. The zero-order valence-corrected chi connectivity index (χ0v) is 17.5. The van der Waals surface area contributed by atoms with Gasteiger partial charge in [-0.2, -0.15) is 0 Å². The predicted octanol–water partition coefficient (Wildman–Crippen LogP) is 4.18. The second-order valence-electron chi connectivity index (χ2n) is 7.27. The van der Waals surface area contributed by atoms with Gasteiger partial charge in [0.1, 0.15) is 5.82 Å². The summed E-state index contributed by atoms with van der Waals surface area (Å²) >= 11 is 5.65. The summed E-state index contributed by atoms with van der Waals surface area (Å²) in [6.45, 7) is 9.33. The Morgan fingerprint density at radius 3 is 2.57 bits per heavy atom. The standard InChI is InChI=1S/C22H25N5S/c1-5-26-21(20(25-22(26)28)18-8-6-7-11-23-18)17-12-15(3)27(16(17)4)19-10-9-14(2)13-24-19/h6-13,20-21H,5H2,1-4H3,(H,25,28)/t20-,21+/m1/s1. The van der Waals surface area contributed by atoms with Crippen molar-refractivity contribution in [1.82, 2.24) is 24.8 Å². The van der Waals surface area contributed by atoms with Crippen LogP contribution in [0.5, 0.6) is 0 Å². The molecule has 1 aliphatic rings. The van der Waals surface area contributed by atoms with Gasteiger partial charge in [-0.05, 0) is 75.3 Å². The van der Waals surface area contributed by atoms with E-state index >= 15 is 0 Å². The molecule has 0 unspecified atom stereocenters. The molecule has 0 aliphatic carbocycles. The number of hydrogen-bond acceptors (Lipinski definition) is 3. The summed E-state index contributed by atoms with van der Waals surface area (Å²) in [7, 11) is 0. The van der Waals surface area contributed by atoms with Gasteiger partial charge in [-0.3, -0.25) is 4.98 Å². The van der Waals surface area contributed by atoms with E-state index in [1.807, 2.05) is 24.5 Å². The first kappa shape index (κ1) is 18.6. The van der Waals surface area contributed by atoms with Crippen molar-refractivity contribution in [1.29, 1.82) is 0 Å². The summed E-state index contributed by atoms with van der Waals surface area (Å²) in [6.07, 6.45) is 3.75. The number of likely N-dealkylation sites (N-methyl/N-ethyl adjacent to an activating group) is 1. The Bertz CT molecular complexity index is 994. The minimum Gasteiger partial charge on any atom is -0.352 e. The average Bonchev–Trinajstić information content (AvgIpc) is 3.18. The molecule has 4 rings (SSSR count). The molecule has 1 aliphatic heterocycles. The van der Waals surface area contributed by atoms with Crippen molar-refractivity contribution >= 4 is 17.3 Å². The van der Waals surface area contributed by atoms with Gasteiger partial charge < -0.3 is 14.8 Å². The molecule has 5 nitrogen and oxygen atoms in total. The van der Waals surface area contributed by atoms with Crippen molar-refractivity contribution < 1.29 is 0 Å². The lowest BCUT2D eigenvalue weighted by Gasteiger charge is -2.27. The molecule has 3 aromatic heterocycles. The number of pyridine rings is 2. The molecule has 0 amide bonds. The average molecular weight is 392 g/mol. The van der Waals surface area contributed by atoms with Crippen molar-refractivity contribution in [3.63, 3.8) is 0 Å². The van der Waals surface area contributed by atoms with E-state index in [-0.39, 0.29) is 12.1 Å². The van der Waals surface area contributed by atoms with Gasteiger partial charge in [0.2, 0.25) is 0 Å². The van der Waals surface area contributed by atoms with Crippen LogP contribution in [-0.4, -0.2) is 31.1 Å². The first-order valence-corrected chi connectivity index (χ1v) is 10.0. The van der Waals surface area contributed by atoms with Gasteiger partial charge in [0, 0.05) is 30.3 Å². The van der Waals surface area contributed by atoms with Crippen LogP contribution in [0.4, 0.5) is 0 Å². The summed E-state index contributed by atoms with van der Waals surface area (Å²) < 4.78 is 2.22. The molecule has 1 fully saturated rings. The van der Waals surface area contributed by atoms with Gasteiger partial charge >= 0.3 is 0 Å². The molecule has 1 saturated heterocycles. The lowest BCUT2D eigenvalue weighted by Crippen LogP contribution is -2.29. The van der Waals surface area contributed by atoms with E-state index in [1.165, 1.54) is 11.3 Å². The summed E-state index contributed by atoms with van der Waals surface area (Å²) in [5.41, 5.74) is 5.76. The molecule has 0 saturated carbocycles. The van der Waals surface area contributed by atoms with Gasteiger partial charge in [-0.15, -0.1) is 0 Å². The highest BCUT2D eigenvalue weighted by Crippen LogP contribution is 2.40. The number of hydrogen-bond donors (Lipinski definition) is 1. The van der Waals surface area contributed by atoms with Crippen LogP contribution in [0.15, 0.2) is 48.8 Å². The maximum absolute atomic E-state index is 5.65. The third-order valence-electron chi connectivity index (χ3n) is 5.45. The summed E-state index contributed by atoms with van der Waals surface area (Å²) in [5, 5.41) is 4.27. The van der Waals surface area contributed by atoms with E-state index in [2.05, 4.69) is 76.7 Å². The lowest BCUT2D eigenvalue weighted by atomic mass is 9.97. The Morgan fingerprint density at radius 1 is 1.11 bits per heavy atom. The van der Waals surface area contributed by atoms with Crippen molar-refractivity contribution in [2.24, 2.45) is 0 Å². The summed E-state index contributed by atoms with van der Waals surface area (Å²) in [6, 6.07) is 12.6. The maximum Gasteiger partial charge on any atom is 0.170 e. The SMILES string of the molecule is CCN1C(=S)N[C@H](c2ccccn2)[C@@H]1c1cc(C)n(-c2ccc(C)cn2)c1C. The fraction of sp³-hybridized carbons (Fsp3) is 0.318. The van der Waals surface area contributed by atoms with Crippen LogP contribution in [0, 0.1) is 20.8 Å². The molecule has 2 atom stereocenters. The molecule has 0 aromatic carbocycles. The van der Waals surface area contributed by atoms with E-state index < -0.39 is 0 Å². The van der Waals surface area contributed by atoms with Crippen LogP contribution in [0.2, 0.25) is 0 Å². The number of nitrogens with one attached hydrogen (secondary N) is 1. The molecule has 28 heavy (non-hydrogen) atoms. The van der Waals surface area contributed by atoms with Crippen LogP contribution in [0.3, 0.4) is 0 Å². The molecule has 6 heteroatoms. The number of aromatic nitrogens is 3. The van der Waals surface area contributed by atoms with Gasteiger partial charge in [0.05, 0.1) is 17.8 Å².